The predicted molar refractivity (Wildman–Crippen MR) is 114 cm³/mol. The lowest BCUT2D eigenvalue weighted by Gasteiger charge is -1.99. The summed E-state index contributed by atoms with van der Waals surface area (Å²) in [6.45, 7) is 0. The van der Waals surface area contributed by atoms with E-state index < -0.39 is 0 Å². The Hall–Kier alpha value is -1.84. The molecule has 0 aliphatic rings. The summed E-state index contributed by atoms with van der Waals surface area (Å²) >= 11 is 23.9. The van der Waals surface area contributed by atoms with Crippen molar-refractivity contribution in [2.24, 2.45) is 9.98 Å². The Kier molecular flexibility index (Phi) is 6.33. The monoisotopic (exact) mass is 420 g/mol. The summed E-state index contributed by atoms with van der Waals surface area (Å²) in [5.41, 5.74) is 3.30. The molecule has 0 unspecified atom stereocenters. The Morgan fingerprint density at radius 1 is 0.500 bits per heavy atom. The van der Waals surface area contributed by atoms with Crippen LogP contribution in [-0.2, 0) is 0 Å². The summed E-state index contributed by atoms with van der Waals surface area (Å²) in [6.07, 6.45) is 3.50. The molecule has 26 heavy (non-hydrogen) atoms. The zero-order chi connectivity index (χ0) is 18.5. The van der Waals surface area contributed by atoms with E-state index in [2.05, 4.69) is 9.98 Å². The molecule has 0 saturated heterocycles. The van der Waals surface area contributed by atoms with Gasteiger partial charge < -0.3 is 0 Å². The molecule has 2 nitrogen and oxygen atoms in total. The summed E-state index contributed by atoms with van der Waals surface area (Å²) < 4.78 is 0. The Bertz CT molecular complexity index is 859. The van der Waals surface area contributed by atoms with Gasteiger partial charge in [-0.2, -0.15) is 0 Å². The molecular formula is C20H12Cl4N2. The van der Waals surface area contributed by atoms with Crippen LogP contribution in [0, 0.1) is 0 Å². The highest BCUT2D eigenvalue weighted by atomic mass is 35.5. The fraction of sp³-hybridized carbons (Fsp3) is 0. The second kappa shape index (κ2) is 8.70. The van der Waals surface area contributed by atoms with Gasteiger partial charge in [0, 0.05) is 32.5 Å². The van der Waals surface area contributed by atoms with E-state index in [4.69, 9.17) is 46.4 Å². The third kappa shape index (κ3) is 5.58. The molecule has 3 aromatic rings. The molecule has 3 aromatic carbocycles. The summed E-state index contributed by atoms with van der Waals surface area (Å²) in [5, 5.41) is 2.21. The number of hydrogen-bond acceptors (Lipinski definition) is 2. The maximum atomic E-state index is 5.97. The normalized spacial score (nSPS) is 11.5. The molecule has 0 atom stereocenters. The van der Waals surface area contributed by atoms with Crippen molar-refractivity contribution < 1.29 is 0 Å². The molecule has 0 aromatic heterocycles. The first-order chi connectivity index (χ1) is 12.5. The number of benzene rings is 3. The molecule has 0 amide bonds. The van der Waals surface area contributed by atoms with Crippen molar-refractivity contribution in [1.82, 2.24) is 0 Å². The van der Waals surface area contributed by atoms with E-state index in [0.717, 1.165) is 11.1 Å². The Labute approximate surface area is 171 Å². The Balaban J connectivity index is 1.71. The number of nitrogens with zero attached hydrogens (tertiary/aromatic N) is 2. The van der Waals surface area contributed by atoms with Gasteiger partial charge in [0.05, 0.1) is 11.4 Å². The Morgan fingerprint density at radius 2 is 0.808 bits per heavy atom. The van der Waals surface area contributed by atoms with Crippen LogP contribution in [0.4, 0.5) is 11.4 Å². The first kappa shape index (κ1) is 18.9. The molecule has 6 heteroatoms. The van der Waals surface area contributed by atoms with E-state index in [1.165, 1.54) is 0 Å². The second-order valence-corrected chi connectivity index (χ2v) is 7.18. The zero-order valence-electron chi connectivity index (χ0n) is 13.3. The maximum Gasteiger partial charge on any atom is 0.0659 e. The molecule has 0 N–H and O–H groups in total. The van der Waals surface area contributed by atoms with Crippen LogP contribution in [0.5, 0.6) is 0 Å². The third-order valence-corrected chi connectivity index (χ3v) is 4.23. The second-order valence-electron chi connectivity index (χ2n) is 5.44. The summed E-state index contributed by atoms with van der Waals surface area (Å²) in [4.78, 5) is 8.77. The highest BCUT2D eigenvalue weighted by Gasteiger charge is 1.98. The van der Waals surface area contributed by atoms with Crippen molar-refractivity contribution in [2.45, 2.75) is 0 Å². The highest BCUT2D eigenvalue weighted by molar-refractivity contribution is 6.35. The van der Waals surface area contributed by atoms with Gasteiger partial charge in [0.25, 0.3) is 0 Å². The lowest BCUT2D eigenvalue weighted by molar-refractivity contribution is 1.51. The van der Waals surface area contributed by atoms with E-state index in [0.29, 0.717) is 31.5 Å². The van der Waals surface area contributed by atoms with Gasteiger partial charge in [-0.1, -0.05) is 70.7 Å². The molecule has 0 aliphatic heterocycles. The largest absolute Gasteiger partial charge is 0.256 e. The standard InChI is InChI=1S/C20H12Cl4N2/c21-15-5-16(22)8-19(7-15)25-11-13-1-2-14(4-3-13)12-26-20-9-17(23)6-18(24)10-20/h1-12H. The van der Waals surface area contributed by atoms with E-state index in [-0.39, 0.29) is 0 Å². The summed E-state index contributed by atoms with van der Waals surface area (Å²) in [7, 11) is 0. The molecule has 0 heterocycles. The van der Waals surface area contributed by atoms with E-state index in [9.17, 15) is 0 Å². The van der Waals surface area contributed by atoms with Gasteiger partial charge in [-0.05, 0) is 47.5 Å². The van der Waals surface area contributed by atoms with Crippen LogP contribution in [0.1, 0.15) is 11.1 Å². The van der Waals surface area contributed by atoms with Gasteiger partial charge in [0.2, 0.25) is 0 Å². The van der Waals surface area contributed by atoms with Crippen molar-refractivity contribution in [3.8, 4) is 0 Å². The minimum Gasteiger partial charge on any atom is -0.256 e. The van der Waals surface area contributed by atoms with Gasteiger partial charge in [0.15, 0.2) is 0 Å². The van der Waals surface area contributed by atoms with Crippen LogP contribution >= 0.6 is 46.4 Å². The van der Waals surface area contributed by atoms with Crippen LogP contribution in [0.25, 0.3) is 0 Å². The number of halogens is 4. The zero-order valence-corrected chi connectivity index (χ0v) is 16.4. The fourth-order valence-corrected chi connectivity index (χ4v) is 3.22. The lowest BCUT2D eigenvalue weighted by atomic mass is 10.1. The lowest BCUT2D eigenvalue weighted by Crippen LogP contribution is -1.84. The molecule has 0 spiro atoms. The minimum atomic E-state index is 0.553. The van der Waals surface area contributed by atoms with Crippen LogP contribution in [0.15, 0.2) is 70.6 Å². The van der Waals surface area contributed by atoms with E-state index >= 15 is 0 Å². The summed E-state index contributed by atoms with van der Waals surface area (Å²) in [5.74, 6) is 0. The number of aliphatic imine (C=N–C) groups is 2. The van der Waals surface area contributed by atoms with Crippen LogP contribution in [-0.4, -0.2) is 12.4 Å². The van der Waals surface area contributed by atoms with Gasteiger partial charge in [-0.15, -0.1) is 0 Å². The minimum absolute atomic E-state index is 0.553. The molecule has 3 rings (SSSR count). The van der Waals surface area contributed by atoms with Gasteiger partial charge in [-0.3, -0.25) is 9.98 Å². The van der Waals surface area contributed by atoms with Gasteiger partial charge >= 0.3 is 0 Å². The van der Waals surface area contributed by atoms with Crippen molar-refractivity contribution in [1.29, 1.82) is 0 Å². The maximum absolute atomic E-state index is 5.97. The number of rotatable bonds is 4. The van der Waals surface area contributed by atoms with E-state index in [1.807, 2.05) is 24.3 Å². The average Bonchev–Trinajstić information content (AvgIpc) is 2.57. The van der Waals surface area contributed by atoms with Crippen molar-refractivity contribution in [2.75, 3.05) is 0 Å². The predicted octanol–water partition coefficient (Wildman–Crippen LogP) is 7.80. The quantitative estimate of drug-likeness (QED) is 0.384. The highest BCUT2D eigenvalue weighted by Crippen LogP contribution is 2.25. The molecule has 130 valence electrons. The molecule has 0 fully saturated rings. The topological polar surface area (TPSA) is 24.7 Å². The van der Waals surface area contributed by atoms with Crippen LogP contribution in [0.2, 0.25) is 20.1 Å². The first-order valence-electron chi connectivity index (χ1n) is 7.58. The summed E-state index contributed by atoms with van der Waals surface area (Å²) in [6, 6.07) is 18.1. The SMILES string of the molecule is Clc1cc(Cl)cc(N=Cc2ccc(C=Nc3cc(Cl)cc(Cl)c3)cc2)c1. The Morgan fingerprint density at radius 3 is 1.12 bits per heavy atom. The van der Waals surface area contributed by atoms with Crippen LogP contribution < -0.4 is 0 Å². The van der Waals surface area contributed by atoms with Gasteiger partial charge in [0.1, 0.15) is 0 Å². The fourth-order valence-electron chi connectivity index (χ4n) is 2.19. The van der Waals surface area contributed by atoms with E-state index in [1.54, 1.807) is 48.8 Å². The molecule has 0 aliphatic carbocycles. The molecule has 0 radical (unpaired) electrons. The molecule has 0 saturated carbocycles. The van der Waals surface area contributed by atoms with Crippen molar-refractivity contribution in [3.63, 3.8) is 0 Å². The van der Waals surface area contributed by atoms with Crippen LogP contribution in [0.3, 0.4) is 0 Å². The van der Waals surface area contributed by atoms with Gasteiger partial charge in [-0.25, -0.2) is 0 Å². The molecule has 0 bridgehead atoms. The first-order valence-corrected chi connectivity index (χ1v) is 9.09. The molecular weight excluding hydrogens is 410 g/mol. The average molecular weight is 422 g/mol. The van der Waals surface area contributed by atoms with Crippen molar-refractivity contribution >= 4 is 70.2 Å². The van der Waals surface area contributed by atoms with Crippen molar-refractivity contribution in [3.05, 3.63) is 91.9 Å². The third-order valence-electron chi connectivity index (χ3n) is 3.36. The smallest absolute Gasteiger partial charge is 0.0659 e. The number of hydrogen-bond donors (Lipinski definition) is 0.